The Morgan fingerprint density at radius 3 is 1.18 bits per heavy atom. The second kappa shape index (κ2) is 14.3. The van der Waals surface area contributed by atoms with Crippen LogP contribution in [0.2, 0.25) is 0 Å². The molecule has 10 rings (SSSR count). The third-order valence-electron chi connectivity index (χ3n) is 10.3. The number of fused-ring (bicyclic) bond motifs is 3. The zero-order chi connectivity index (χ0) is 37.3. The Balaban J connectivity index is 0.990. The van der Waals surface area contributed by atoms with Gasteiger partial charge in [-0.15, -0.1) is 0 Å². The largest absolute Gasteiger partial charge is 0.248 e. The molecular weight excluding hydrogens is 681 g/mol. The first kappa shape index (κ1) is 33.0. The lowest BCUT2D eigenvalue weighted by Gasteiger charge is -2.14. The van der Waals surface area contributed by atoms with Crippen molar-refractivity contribution in [3.63, 3.8) is 0 Å². The van der Waals surface area contributed by atoms with Crippen LogP contribution in [0.5, 0.6) is 0 Å². The Labute approximate surface area is 325 Å². The van der Waals surface area contributed by atoms with Crippen LogP contribution in [0.4, 0.5) is 0 Å². The first-order valence-corrected chi connectivity index (χ1v) is 18.8. The van der Waals surface area contributed by atoms with Crippen LogP contribution >= 0.6 is 0 Å². The summed E-state index contributed by atoms with van der Waals surface area (Å²) in [6.45, 7) is 0. The van der Waals surface area contributed by atoms with Crippen LogP contribution < -0.4 is 0 Å². The molecule has 4 nitrogen and oxygen atoms in total. The number of aromatic nitrogens is 4. The predicted molar refractivity (Wildman–Crippen MR) is 231 cm³/mol. The normalized spacial score (nSPS) is 11.2. The quantitative estimate of drug-likeness (QED) is 0.154. The van der Waals surface area contributed by atoms with Crippen LogP contribution in [0.3, 0.4) is 0 Å². The highest BCUT2D eigenvalue weighted by Crippen LogP contribution is 2.38. The number of nitrogens with zero attached hydrogens (tertiary/aromatic N) is 4. The molecule has 10 aromatic rings. The van der Waals surface area contributed by atoms with Crippen LogP contribution in [-0.2, 0) is 0 Å². The molecule has 0 N–H and O–H groups in total. The minimum absolute atomic E-state index is 0.644. The first-order valence-electron chi connectivity index (χ1n) is 18.8. The van der Waals surface area contributed by atoms with Crippen LogP contribution in [0, 0.1) is 0 Å². The number of hydrogen-bond donors (Lipinski definition) is 0. The molecule has 0 atom stereocenters. The monoisotopic (exact) mass is 714 g/mol. The molecule has 0 amide bonds. The summed E-state index contributed by atoms with van der Waals surface area (Å²) in [6, 6.07) is 71.8. The van der Waals surface area contributed by atoms with Gasteiger partial charge in [0.25, 0.3) is 0 Å². The number of hydrogen-bond acceptors (Lipinski definition) is 4. The zero-order valence-electron chi connectivity index (χ0n) is 30.4. The third kappa shape index (κ3) is 6.40. The van der Waals surface area contributed by atoms with E-state index < -0.39 is 0 Å². The number of benzene rings is 8. The summed E-state index contributed by atoms with van der Waals surface area (Å²) >= 11 is 0. The predicted octanol–water partition coefficient (Wildman–Crippen LogP) is 13.2. The van der Waals surface area contributed by atoms with Crippen molar-refractivity contribution in [3.8, 4) is 78.8 Å². The van der Waals surface area contributed by atoms with Crippen molar-refractivity contribution in [1.29, 1.82) is 0 Å². The van der Waals surface area contributed by atoms with Crippen molar-refractivity contribution in [1.82, 2.24) is 19.9 Å². The Morgan fingerprint density at radius 2 is 0.661 bits per heavy atom. The van der Waals surface area contributed by atoms with Crippen molar-refractivity contribution in [2.75, 3.05) is 0 Å². The summed E-state index contributed by atoms with van der Waals surface area (Å²) in [4.78, 5) is 19.8. The zero-order valence-corrected chi connectivity index (χ0v) is 30.4. The summed E-state index contributed by atoms with van der Waals surface area (Å²) in [5.41, 5.74) is 12.8. The maximum Gasteiger partial charge on any atom is 0.164 e. The molecule has 0 aliphatic rings. The molecule has 56 heavy (non-hydrogen) atoms. The molecule has 2 aromatic heterocycles. The standard InChI is InChI=1S/C52H34N4/c1-5-13-38(14-6-1)46-34-48(40-15-7-2-8-16-40)53-47-32-31-39-27-30-44(33-45(39)49(46)47)37-23-21-35(22-24-37)36-25-28-43(29-26-36)52-55-50(41-17-9-3-10-18-41)54-51(56-52)42-19-11-4-12-20-42/h1-34H. The maximum atomic E-state index is 5.18. The highest BCUT2D eigenvalue weighted by Gasteiger charge is 2.15. The lowest BCUT2D eigenvalue weighted by Crippen LogP contribution is -2.00. The van der Waals surface area contributed by atoms with Gasteiger partial charge in [0, 0.05) is 27.6 Å². The molecular formula is C52H34N4. The van der Waals surface area contributed by atoms with Gasteiger partial charge in [-0.1, -0.05) is 188 Å². The van der Waals surface area contributed by atoms with Crippen molar-refractivity contribution < 1.29 is 0 Å². The van der Waals surface area contributed by atoms with Gasteiger partial charge in [-0.2, -0.15) is 0 Å². The highest BCUT2D eigenvalue weighted by molar-refractivity contribution is 6.14. The molecule has 2 heterocycles. The van der Waals surface area contributed by atoms with Gasteiger partial charge in [-0.05, 0) is 62.4 Å². The molecule has 0 spiro atoms. The van der Waals surface area contributed by atoms with E-state index in [2.05, 4.69) is 140 Å². The van der Waals surface area contributed by atoms with Crippen molar-refractivity contribution in [3.05, 3.63) is 206 Å². The number of pyridine rings is 1. The van der Waals surface area contributed by atoms with E-state index in [0.29, 0.717) is 17.5 Å². The van der Waals surface area contributed by atoms with E-state index in [-0.39, 0.29) is 0 Å². The van der Waals surface area contributed by atoms with E-state index in [1.165, 1.54) is 21.9 Å². The Kier molecular flexibility index (Phi) is 8.47. The molecule has 0 fully saturated rings. The van der Waals surface area contributed by atoms with Gasteiger partial charge in [-0.25, -0.2) is 19.9 Å². The fourth-order valence-electron chi connectivity index (χ4n) is 7.44. The average molecular weight is 715 g/mol. The smallest absolute Gasteiger partial charge is 0.164 e. The highest BCUT2D eigenvalue weighted by atomic mass is 15.0. The Morgan fingerprint density at radius 1 is 0.268 bits per heavy atom. The number of rotatable bonds is 7. The van der Waals surface area contributed by atoms with Crippen LogP contribution in [0.25, 0.3) is 100 Å². The van der Waals surface area contributed by atoms with Gasteiger partial charge in [-0.3, -0.25) is 0 Å². The molecule has 0 saturated carbocycles. The molecule has 0 bridgehead atoms. The first-order chi connectivity index (χ1) is 27.7. The van der Waals surface area contributed by atoms with E-state index in [4.69, 9.17) is 19.9 Å². The van der Waals surface area contributed by atoms with E-state index >= 15 is 0 Å². The summed E-state index contributed by atoms with van der Waals surface area (Å²) in [5.74, 6) is 1.95. The SMILES string of the molecule is c1ccc(-c2cc(-c3ccccc3)c3c(ccc4ccc(-c5ccc(-c6ccc(-c7nc(-c8ccccc8)nc(-c8ccccc8)n7)cc6)cc5)cc43)n2)cc1. The second-order valence-corrected chi connectivity index (χ2v) is 13.9. The molecule has 0 aliphatic carbocycles. The topological polar surface area (TPSA) is 51.6 Å². The van der Waals surface area contributed by atoms with Crippen LogP contribution in [0.15, 0.2) is 206 Å². The van der Waals surface area contributed by atoms with Gasteiger partial charge < -0.3 is 0 Å². The molecule has 0 aliphatic heterocycles. The van der Waals surface area contributed by atoms with Gasteiger partial charge in [0.05, 0.1) is 11.2 Å². The molecule has 262 valence electrons. The lowest BCUT2D eigenvalue weighted by molar-refractivity contribution is 1.07. The second-order valence-electron chi connectivity index (χ2n) is 13.9. The summed E-state index contributed by atoms with van der Waals surface area (Å²) in [5, 5.41) is 3.54. The van der Waals surface area contributed by atoms with Gasteiger partial charge >= 0.3 is 0 Å². The molecule has 0 radical (unpaired) electrons. The Hall–Kier alpha value is -7.56. The lowest BCUT2D eigenvalue weighted by atomic mass is 9.92. The fourth-order valence-corrected chi connectivity index (χ4v) is 7.44. The molecule has 8 aromatic carbocycles. The van der Waals surface area contributed by atoms with Crippen LogP contribution in [0.1, 0.15) is 0 Å². The van der Waals surface area contributed by atoms with Gasteiger partial charge in [0.15, 0.2) is 17.5 Å². The fraction of sp³-hybridized carbons (Fsp3) is 0. The summed E-state index contributed by atoms with van der Waals surface area (Å²) in [6.07, 6.45) is 0. The molecule has 0 unspecified atom stereocenters. The maximum absolute atomic E-state index is 5.18. The minimum atomic E-state index is 0.644. The van der Waals surface area contributed by atoms with E-state index in [1.54, 1.807) is 0 Å². The summed E-state index contributed by atoms with van der Waals surface area (Å²) in [7, 11) is 0. The van der Waals surface area contributed by atoms with Crippen molar-refractivity contribution in [2.24, 2.45) is 0 Å². The van der Waals surface area contributed by atoms with Crippen LogP contribution in [-0.4, -0.2) is 19.9 Å². The molecule has 0 saturated heterocycles. The van der Waals surface area contributed by atoms with Gasteiger partial charge in [0.1, 0.15) is 0 Å². The summed E-state index contributed by atoms with van der Waals surface area (Å²) < 4.78 is 0. The third-order valence-corrected chi connectivity index (χ3v) is 10.3. The van der Waals surface area contributed by atoms with E-state index in [9.17, 15) is 0 Å². The van der Waals surface area contributed by atoms with E-state index in [0.717, 1.165) is 61.1 Å². The van der Waals surface area contributed by atoms with Crippen molar-refractivity contribution in [2.45, 2.75) is 0 Å². The van der Waals surface area contributed by atoms with E-state index in [1.807, 2.05) is 66.7 Å². The van der Waals surface area contributed by atoms with Crippen molar-refractivity contribution >= 4 is 21.7 Å². The van der Waals surface area contributed by atoms with Gasteiger partial charge in [0.2, 0.25) is 0 Å². The minimum Gasteiger partial charge on any atom is -0.248 e. The average Bonchev–Trinajstić information content (AvgIpc) is 3.29. The molecule has 4 heteroatoms. The Bertz CT molecular complexity index is 2910.